The van der Waals surface area contributed by atoms with Gasteiger partial charge in [0.25, 0.3) is 11.9 Å². The monoisotopic (exact) mass is 559 g/mol. The zero-order valence-electron chi connectivity index (χ0n) is 21.6. The maximum Gasteiger partial charge on any atom is 0.306 e. The minimum absolute atomic E-state index is 0.0732. The standard InChI is InChI=1S/C28H31ClFN3O6/c1-37-28(33-14-4-5-15-33,39-19-11-8-17(9-12-19)26(35)36)23(34)16-18-10-13-22-25(24(18)30)38-27(32-22)31-21-7-3-2-6-20(21)29/h2-3,6-7,10,13,17,19H,4-5,8-9,11-12,14-16H2,1H3,(H,31,32)(H,35,36). The molecule has 3 aromatic rings. The Bertz CT molecular complexity index is 1350. The fraction of sp³-hybridized carbons (Fsp3) is 0.464. The molecule has 0 amide bonds. The number of fused-ring (bicyclic) bond motifs is 1. The molecule has 0 bridgehead atoms. The first-order chi connectivity index (χ1) is 18.8. The summed E-state index contributed by atoms with van der Waals surface area (Å²) in [6.07, 6.45) is 3.08. The van der Waals surface area contributed by atoms with E-state index in [1.165, 1.54) is 13.2 Å². The van der Waals surface area contributed by atoms with Gasteiger partial charge in [-0.25, -0.2) is 9.29 Å². The average Bonchev–Trinajstić information content (AvgIpc) is 3.61. The largest absolute Gasteiger partial charge is 0.481 e. The van der Waals surface area contributed by atoms with Gasteiger partial charge < -0.3 is 24.3 Å². The first-order valence-electron chi connectivity index (χ1n) is 13.1. The summed E-state index contributed by atoms with van der Waals surface area (Å²) in [7, 11) is 1.42. The van der Waals surface area contributed by atoms with Crippen molar-refractivity contribution in [2.24, 2.45) is 5.92 Å². The number of carbonyl (C=O) groups is 2. The molecule has 2 fully saturated rings. The molecule has 1 saturated heterocycles. The number of rotatable bonds is 10. The van der Waals surface area contributed by atoms with E-state index in [2.05, 4.69) is 10.3 Å². The molecule has 2 N–H and O–H groups in total. The van der Waals surface area contributed by atoms with Crippen LogP contribution in [-0.4, -0.2) is 59.0 Å². The number of carbonyl (C=O) groups excluding carboxylic acids is 1. The molecule has 1 atom stereocenters. The number of nitrogens with one attached hydrogen (secondary N) is 1. The third-order valence-corrected chi connectivity index (χ3v) is 7.87. The van der Waals surface area contributed by atoms with E-state index >= 15 is 4.39 Å². The molecular weight excluding hydrogens is 529 g/mol. The predicted octanol–water partition coefficient (Wildman–Crippen LogP) is 5.53. The summed E-state index contributed by atoms with van der Waals surface area (Å²) < 4.78 is 33.4. The number of halogens is 2. The SMILES string of the molecule is COC(OC1CCC(C(=O)O)CC1)(C(=O)Cc1ccc2nc(Nc3ccccc3Cl)oc2c1F)N1CCCC1. The van der Waals surface area contributed by atoms with Gasteiger partial charge in [0.1, 0.15) is 5.52 Å². The third-order valence-electron chi connectivity index (χ3n) is 7.54. The van der Waals surface area contributed by atoms with Crippen molar-refractivity contribution in [1.29, 1.82) is 0 Å². The number of hydrogen-bond acceptors (Lipinski definition) is 8. The topological polar surface area (TPSA) is 114 Å². The quantitative estimate of drug-likeness (QED) is 0.309. The van der Waals surface area contributed by atoms with Gasteiger partial charge in [-0.05, 0) is 62.3 Å². The van der Waals surface area contributed by atoms with Gasteiger partial charge in [0, 0.05) is 26.6 Å². The first-order valence-corrected chi connectivity index (χ1v) is 13.5. The maximum atomic E-state index is 15.6. The number of Topliss-reactive ketones (excluding diaryl/α,β-unsaturated/α-hetero) is 1. The highest BCUT2D eigenvalue weighted by Gasteiger charge is 2.49. The van der Waals surface area contributed by atoms with Gasteiger partial charge in [-0.1, -0.05) is 29.8 Å². The van der Waals surface area contributed by atoms with Crippen molar-refractivity contribution in [3.8, 4) is 0 Å². The molecule has 2 aromatic carbocycles. The number of aromatic nitrogens is 1. The predicted molar refractivity (Wildman–Crippen MR) is 142 cm³/mol. The second-order valence-electron chi connectivity index (χ2n) is 10.0. The normalized spacial score (nSPS) is 21.6. The minimum Gasteiger partial charge on any atom is -0.481 e. The van der Waals surface area contributed by atoms with E-state index in [4.69, 9.17) is 25.5 Å². The van der Waals surface area contributed by atoms with Crippen LogP contribution in [0.3, 0.4) is 0 Å². The summed E-state index contributed by atoms with van der Waals surface area (Å²) >= 11 is 6.19. The van der Waals surface area contributed by atoms with Crippen LogP contribution in [0.2, 0.25) is 5.02 Å². The smallest absolute Gasteiger partial charge is 0.306 e. The summed E-state index contributed by atoms with van der Waals surface area (Å²) in [5, 5.41) is 12.7. The first kappa shape index (κ1) is 27.5. The van der Waals surface area contributed by atoms with Gasteiger partial charge in [-0.15, -0.1) is 0 Å². The van der Waals surface area contributed by atoms with E-state index < -0.39 is 29.4 Å². The summed E-state index contributed by atoms with van der Waals surface area (Å²) in [6, 6.07) is 10.2. The number of ketones is 1. The lowest BCUT2D eigenvalue weighted by atomic mass is 9.87. The van der Waals surface area contributed by atoms with Crippen LogP contribution in [0.25, 0.3) is 11.1 Å². The maximum absolute atomic E-state index is 15.6. The summed E-state index contributed by atoms with van der Waals surface area (Å²) in [4.78, 5) is 31.4. The van der Waals surface area contributed by atoms with Crippen molar-refractivity contribution >= 4 is 46.2 Å². The number of benzene rings is 2. The lowest BCUT2D eigenvalue weighted by Crippen LogP contribution is -2.59. The molecule has 208 valence electrons. The molecule has 9 nitrogen and oxygen atoms in total. The van der Waals surface area contributed by atoms with Gasteiger partial charge in [0.05, 0.1) is 22.7 Å². The highest BCUT2D eigenvalue weighted by Crippen LogP contribution is 2.35. The van der Waals surface area contributed by atoms with Crippen molar-refractivity contribution in [3.05, 3.63) is 52.8 Å². The number of carboxylic acids is 1. The highest BCUT2D eigenvalue weighted by atomic mass is 35.5. The molecule has 5 rings (SSSR count). The van der Waals surface area contributed by atoms with Crippen LogP contribution in [0, 0.1) is 11.7 Å². The lowest BCUT2D eigenvalue weighted by molar-refractivity contribution is -0.301. The Hall–Kier alpha value is -3.05. The number of ether oxygens (including phenoxy) is 2. The van der Waals surface area contributed by atoms with Crippen molar-refractivity contribution in [2.45, 2.75) is 57.0 Å². The van der Waals surface area contributed by atoms with Gasteiger partial charge in [0.15, 0.2) is 11.4 Å². The summed E-state index contributed by atoms with van der Waals surface area (Å²) in [5.41, 5.74) is 0.910. The number of carboxylic acid groups (broad SMARTS) is 1. The summed E-state index contributed by atoms with van der Waals surface area (Å²) in [5.74, 6) is -4.03. The number of anilines is 2. The van der Waals surface area contributed by atoms with Crippen LogP contribution in [0.5, 0.6) is 0 Å². The Labute approximate surface area is 230 Å². The number of hydrogen-bond donors (Lipinski definition) is 2. The molecule has 2 heterocycles. The molecule has 1 aliphatic carbocycles. The molecule has 39 heavy (non-hydrogen) atoms. The van der Waals surface area contributed by atoms with Gasteiger partial charge in [-0.2, -0.15) is 4.98 Å². The Kier molecular flexibility index (Phi) is 8.18. The molecule has 1 aromatic heterocycles. The number of para-hydroxylation sites is 1. The molecule has 1 aliphatic heterocycles. The van der Waals surface area contributed by atoms with Crippen LogP contribution >= 0.6 is 11.6 Å². The van der Waals surface area contributed by atoms with E-state index in [1.807, 2.05) is 4.90 Å². The fourth-order valence-corrected chi connectivity index (χ4v) is 5.61. The van der Waals surface area contributed by atoms with Crippen LogP contribution in [-0.2, 0) is 25.5 Å². The Morgan fingerprint density at radius 3 is 2.56 bits per heavy atom. The summed E-state index contributed by atoms with van der Waals surface area (Å²) in [6.45, 7) is 1.20. The van der Waals surface area contributed by atoms with E-state index in [1.54, 1.807) is 30.3 Å². The number of methoxy groups -OCH3 is 1. The van der Waals surface area contributed by atoms with Crippen LogP contribution < -0.4 is 5.32 Å². The van der Waals surface area contributed by atoms with Crippen molar-refractivity contribution in [1.82, 2.24) is 9.88 Å². The zero-order valence-corrected chi connectivity index (χ0v) is 22.4. The molecule has 1 saturated carbocycles. The number of likely N-dealkylation sites (tertiary alicyclic amines) is 1. The van der Waals surface area contributed by atoms with Crippen molar-refractivity contribution < 1.29 is 33.0 Å². The lowest BCUT2D eigenvalue weighted by Gasteiger charge is -2.42. The van der Waals surface area contributed by atoms with E-state index in [-0.39, 0.29) is 29.7 Å². The average molecular weight is 560 g/mol. The van der Waals surface area contributed by atoms with E-state index in [9.17, 15) is 14.7 Å². The van der Waals surface area contributed by atoms with Crippen molar-refractivity contribution in [2.75, 3.05) is 25.5 Å². The zero-order chi connectivity index (χ0) is 27.6. The van der Waals surface area contributed by atoms with Gasteiger partial charge in [-0.3, -0.25) is 9.59 Å². The minimum atomic E-state index is -1.68. The second-order valence-corrected chi connectivity index (χ2v) is 10.4. The van der Waals surface area contributed by atoms with Crippen LogP contribution in [0.1, 0.15) is 44.1 Å². The molecule has 0 radical (unpaired) electrons. The number of oxazole rings is 1. The Morgan fingerprint density at radius 1 is 1.18 bits per heavy atom. The van der Waals surface area contributed by atoms with Crippen molar-refractivity contribution in [3.63, 3.8) is 0 Å². The Morgan fingerprint density at radius 2 is 1.90 bits per heavy atom. The number of nitrogens with zero attached hydrogens (tertiary/aromatic N) is 2. The van der Waals surface area contributed by atoms with Gasteiger partial charge >= 0.3 is 5.97 Å². The van der Waals surface area contributed by atoms with E-state index in [0.29, 0.717) is 55.0 Å². The second kappa shape index (κ2) is 11.6. The van der Waals surface area contributed by atoms with E-state index in [0.717, 1.165) is 12.8 Å². The Balaban J connectivity index is 1.37. The van der Waals surface area contributed by atoms with Gasteiger partial charge in [0.2, 0.25) is 5.78 Å². The molecule has 0 spiro atoms. The molecule has 11 heteroatoms. The van der Waals surface area contributed by atoms with Crippen LogP contribution in [0.15, 0.2) is 40.8 Å². The molecular formula is C28H31ClFN3O6. The molecule has 2 aliphatic rings. The third kappa shape index (κ3) is 5.65. The highest BCUT2D eigenvalue weighted by molar-refractivity contribution is 6.33. The number of aliphatic carboxylic acids is 1. The fourth-order valence-electron chi connectivity index (χ4n) is 5.43. The van der Waals surface area contributed by atoms with Crippen LogP contribution in [0.4, 0.5) is 16.1 Å². The molecule has 1 unspecified atom stereocenters.